The van der Waals surface area contributed by atoms with E-state index in [0.717, 1.165) is 18.7 Å². The van der Waals surface area contributed by atoms with Crippen molar-refractivity contribution in [2.45, 2.75) is 25.8 Å². The summed E-state index contributed by atoms with van der Waals surface area (Å²) < 4.78 is 0. The monoisotopic (exact) mass is 444 g/mol. The van der Waals surface area contributed by atoms with Crippen molar-refractivity contribution in [3.05, 3.63) is 64.5 Å². The number of carbonyl (C=O) groups is 1. The minimum absolute atomic E-state index is 0.0149. The lowest BCUT2D eigenvalue weighted by molar-refractivity contribution is 0.0539. The number of piperidine rings is 1. The summed E-state index contributed by atoms with van der Waals surface area (Å²) >= 11 is 12.1. The molecule has 30 heavy (non-hydrogen) atoms. The van der Waals surface area contributed by atoms with Crippen LogP contribution in [-0.2, 0) is 0 Å². The Bertz CT molecular complexity index is 1010. The molecule has 2 aromatic heterocycles. The molecule has 1 aliphatic rings. The van der Waals surface area contributed by atoms with Crippen LogP contribution in [0.4, 0.5) is 5.82 Å². The Kier molecular flexibility index (Phi) is 6.20. The molecule has 0 bridgehead atoms. The first-order chi connectivity index (χ1) is 14.5. The van der Waals surface area contributed by atoms with Crippen molar-refractivity contribution < 1.29 is 4.79 Å². The topological polar surface area (TPSA) is 75.9 Å². The molecule has 9 heteroatoms. The number of halogens is 2. The van der Waals surface area contributed by atoms with Crippen LogP contribution in [0.3, 0.4) is 0 Å². The SMILES string of the molecule is C[C@@H]1CCCN(C(=O)c2cc(Cl)ccc2-n2nccn2)C1CNc1ccc(Cl)cn1. The highest BCUT2D eigenvalue weighted by atomic mass is 35.5. The number of rotatable bonds is 5. The van der Waals surface area contributed by atoms with Crippen LogP contribution in [0.1, 0.15) is 30.1 Å². The number of carbonyl (C=O) groups excluding carboxylic acids is 1. The van der Waals surface area contributed by atoms with Gasteiger partial charge < -0.3 is 10.2 Å². The zero-order valence-corrected chi connectivity index (χ0v) is 18.0. The maximum absolute atomic E-state index is 13.6. The van der Waals surface area contributed by atoms with Crippen LogP contribution in [-0.4, -0.2) is 49.9 Å². The smallest absolute Gasteiger partial charge is 0.256 e. The van der Waals surface area contributed by atoms with Gasteiger partial charge in [-0.05, 0) is 49.1 Å². The van der Waals surface area contributed by atoms with Gasteiger partial charge in [0.25, 0.3) is 5.91 Å². The number of benzene rings is 1. The van der Waals surface area contributed by atoms with E-state index in [9.17, 15) is 4.79 Å². The summed E-state index contributed by atoms with van der Waals surface area (Å²) in [5, 5.41) is 12.8. The number of anilines is 1. The average molecular weight is 445 g/mol. The second-order valence-corrected chi connectivity index (χ2v) is 8.28. The third-order valence-corrected chi connectivity index (χ3v) is 5.88. The molecular weight excluding hydrogens is 423 g/mol. The largest absolute Gasteiger partial charge is 0.368 e. The van der Waals surface area contributed by atoms with Crippen LogP contribution in [0.2, 0.25) is 10.0 Å². The molecule has 1 fully saturated rings. The minimum atomic E-state index is -0.0767. The molecule has 1 aliphatic heterocycles. The van der Waals surface area contributed by atoms with Gasteiger partial charge >= 0.3 is 0 Å². The van der Waals surface area contributed by atoms with Crippen molar-refractivity contribution >= 4 is 34.9 Å². The summed E-state index contributed by atoms with van der Waals surface area (Å²) in [6.07, 6.45) is 6.79. The number of nitrogens with zero attached hydrogens (tertiary/aromatic N) is 5. The third kappa shape index (κ3) is 4.42. The Hall–Kier alpha value is -2.64. The number of aromatic nitrogens is 4. The molecule has 2 atom stereocenters. The Labute approximate surface area is 185 Å². The quantitative estimate of drug-likeness (QED) is 0.633. The van der Waals surface area contributed by atoms with E-state index in [1.165, 1.54) is 4.80 Å². The number of hydrogen-bond acceptors (Lipinski definition) is 5. The molecule has 3 aromatic rings. The van der Waals surface area contributed by atoms with Gasteiger partial charge in [0.1, 0.15) is 5.82 Å². The Morgan fingerprint density at radius 1 is 1.17 bits per heavy atom. The van der Waals surface area contributed by atoms with Crippen LogP contribution in [0.25, 0.3) is 5.69 Å². The molecule has 0 aliphatic carbocycles. The molecule has 1 amide bonds. The van der Waals surface area contributed by atoms with E-state index in [0.29, 0.717) is 40.3 Å². The first-order valence-corrected chi connectivity index (χ1v) is 10.6. The molecule has 0 spiro atoms. The lowest BCUT2D eigenvalue weighted by atomic mass is 9.90. The molecule has 1 aromatic carbocycles. The fraction of sp³-hybridized carbons (Fsp3) is 0.333. The fourth-order valence-electron chi connectivity index (χ4n) is 3.85. The highest BCUT2D eigenvalue weighted by molar-refractivity contribution is 6.31. The van der Waals surface area contributed by atoms with E-state index in [2.05, 4.69) is 27.4 Å². The van der Waals surface area contributed by atoms with Crippen molar-refractivity contribution in [1.29, 1.82) is 0 Å². The van der Waals surface area contributed by atoms with Gasteiger partial charge in [-0.2, -0.15) is 15.0 Å². The minimum Gasteiger partial charge on any atom is -0.368 e. The van der Waals surface area contributed by atoms with Crippen LogP contribution in [0, 0.1) is 5.92 Å². The molecule has 0 radical (unpaired) electrons. The first-order valence-electron chi connectivity index (χ1n) is 9.85. The molecule has 0 saturated carbocycles. The first kappa shape index (κ1) is 20.6. The summed E-state index contributed by atoms with van der Waals surface area (Å²) in [5.41, 5.74) is 1.10. The zero-order chi connectivity index (χ0) is 21.1. The molecule has 4 rings (SSSR count). The Morgan fingerprint density at radius 3 is 2.67 bits per heavy atom. The average Bonchev–Trinajstić information content (AvgIpc) is 3.28. The van der Waals surface area contributed by atoms with E-state index in [-0.39, 0.29) is 11.9 Å². The summed E-state index contributed by atoms with van der Waals surface area (Å²) in [6, 6.07) is 8.84. The highest BCUT2D eigenvalue weighted by Crippen LogP contribution is 2.28. The van der Waals surface area contributed by atoms with Gasteiger partial charge in [0, 0.05) is 24.3 Å². The number of hydrogen-bond donors (Lipinski definition) is 1. The van der Waals surface area contributed by atoms with E-state index in [1.807, 2.05) is 11.0 Å². The zero-order valence-electron chi connectivity index (χ0n) is 16.5. The summed E-state index contributed by atoms with van der Waals surface area (Å²) in [5.74, 6) is 0.994. The molecule has 1 saturated heterocycles. The third-order valence-electron chi connectivity index (χ3n) is 5.42. The predicted octanol–water partition coefficient (Wildman–Crippen LogP) is 4.32. The van der Waals surface area contributed by atoms with Crippen LogP contribution < -0.4 is 5.32 Å². The number of amides is 1. The van der Waals surface area contributed by atoms with Gasteiger partial charge in [-0.3, -0.25) is 4.79 Å². The Morgan fingerprint density at radius 2 is 1.93 bits per heavy atom. The lowest BCUT2D eigenvalue weighted by Crippen LogP contribution is -2.51. The van der Waals surface area contributed by atoms with Crippen molar-refractivity contribution in [1.82, 2.24) is 24.9 Å². The van der Waals surface area contributed by atoms with Crippen molar-refractivity contribution in [3.8, 4) is 5.69 Å². The fourth-order valence-corrected chi connectivity index (χ4v) is 4.13. The van der Waals surface area contributed by atoms with E-state index in [4.69, 9.17) is 23.2 Å². The maximum atomic E-state index is 13.6. The predicted molar refractivity (Wildman–Crippen MR) is 117 cm³/mol. The molecule has 156 valence electrons. The lowest BCUT2D eigenvalue weighted by Gasteiger charge is -2.40. The van der Waals surface area contributed by atoms with Gasteiger partial charge in [-0.25, -0.2) is 4.98 Å². The maximum Gasteiger partial charge on any atom is 0.256 e. The van der Waals surface area contributed by atoms with Crippen molar-refractivity contribution in [2.75, 3.05) is 18.4 Å². The molecule has 1 N–H and O–H groups in total. The molecule has 1 unspecified atom stereocenters. The summed E-state index contributed by atoms with van der Waals surface area (Å²) in [6.45, 7) is 3.45. The van der Waals surface area contributed by atoms with Gasteiger partial charge in [-0.1, -0.05) is 30.1 Å². The van der Waals surface area contributed by atoms with Gasteiger partial charge in [0.05, 0.1) is 34.7 Å². The van der Waals surface area contributed by atoms with E-state index in [1.54, 1.807) is 42.9 Å². The van der Waals surface area contributed by atoms with E-state index >= 15 is 0 Å². The van der Waals surface area contributed by atoms with Crippen LogP contribution >= 0.6 is 23.2 Å². The van der Waals surface area contributed by atoms with Gasteiger partial charge in [0.2, 0.25) is 0 Å². The molecule has 7 nitrogen and oxygen atoms in total. The molecule has 3 heterocycles. The van der Waals surface area contributed by atoms with Gasteiger partial charge in [0.15, 0.2) is 0 Å². The highest BCUT2D eigenvalue weighted by Gasteiger charge is 2.33. The number of likely N-dealkylation sites (tertiary alicyclic amines) is 1. The standard InChI is InChI=1S/C21H22Cl2N6O/c1-14-3-2-10-28(19(14)13-25-20-7-5-16(23)12-24-20)21(30)17-11-15(22)4-6-18(17)29-26-8-9-27-29/h4-9,11-12,14,19H,2-3,10,13H2,1H3,(H,24,25)/t14-,19?/m1/s1. The van der Waals surface area contributed by atoms with Gasteiger partial charge in [-0.15, -0.1) is 0 Å². The number of pyridine rings is 1. The normalized spacial score (nSPS) is 19.0. The second kappa shape index (κ2) is 9.02. The summed E-state index contributed by atoms with van der Waals surface area (Å²) in [7, 11) is 0. The number of nitrogens with one attached hydrogen (secondary N) is 1. The van der Waals surface area contributed by atoms with Crippen molar-refractivity contribution in [3.63, 3.8) is 0 Å². The molecular formula is C21H22Cl2N6O. The van der Waals surface area contributed by atoms with Crippen LogP contribution in [0.15, 0.2) is 48.9 Å². The summed E-state index contributed by atoms with van der Waals surface area (Å²) in [4.78, 5) is 21.3. The Balaban J connectivity index is 1.60. The second-order valence-electron chi connectivity index (χ2n) is 7.41. The van der Waals surface area contributed by atoms with E-state index < -0.39 is 0 Å². The van der Waals surface area contributed by atoms with Crippen LogP contribution in [0.5, 0.6) is 0 Å². The van der Waals surface area contributed by atoms with Crippen molar-refractivity contribution in [2.24, 2.45) is 5.92 Å².